The first kappa shape index (κ1) is 78.0. The van der Waals surface area contributed by atoms with Gasteiger partial charge in [0.05, 0.1) is 26.2 Å². The number of unbranched alkanes of at least 4 members (excludes halogenated alkanes) is 60. The van der Waals surface area contributed by atoms with Crippen LogP contribution in [-0.4, -0.2) is 42.4 Å². The maximum absolute atomic E-state index is 7.57. The Labute approximate surface area is 485 Å². The minimum atomic E-state index is 0.250. The zero-order valence-corrected chi connectivity index (χ0v) is 54.7. The normalized spacial score (nSPS) is 11.8. The molecule has 0 spiro atoms. The summed E-state index contributed by atoms with van der Waals surface area (Å²) in [6, 6.07) is 0. The van der Waals surface area contributed by atoms with Crippen LogP contribution in [0.25, 0.3) is 0 Å². The van der Waals surface area contributed by atoms with Crippen molar-refractivity contribution in [3.8, 4) is 0 Å². The van der Waals surface area contributed by atoms with Gasteiger partial charge in [-0.25, -0.2) is 0 Å². The third-order valence-corrected chi connectivity index (χ3v) is 17.9. The maximum atomic E-state index is 7.57. The summed E-state index contributed by atoms with van der Waals surface area (Å²) < 4.78 is 1.49. The van der Waals surface area contributed by atoms with Crippen LogP contribution in [0, 0.1) is 0 Å². The van der Waals surface area contributed by atoms with Crippen LogP contribution in [0.15, 0.2) is 0 Å². The number of hydrogen-bond acceptors (Lipinski definition) is 1. The largest absolute Gasteiger partial charge is 0.397 e. The van der Waals surface area contributed by atoms with Gasteiger partial charge in [0.2, 0.25) is 0 Å². The molecule has 0 radical (unpaired) electrons. The van der Waals surface area contributed by atoms with Gasteiger partial charge in [-0.05, 0) is 58.3 Å². The Morgan fingerprint density at radius 1 is 0.145 bits per heavy atom. The lowest BCUT2D eigenvalue weighted by molar-refractivity contribution is -0.929. The van der Waals surface area contributed by atoms with Gasteiger partial charge in [-0.15, -0.1) is 0 Å². The first-order chi connectivity index (χ1) is 37.7. The molecule has 0 amide bonds. The Morgan fingerprint density at radius 2 is 0.224 bits per heavy atom. The van der Waals surface area contributed by atoms with Crippen molar-refractivity contribution in [2.45, 2.75) is 446 Å². The molecule has 0 unspecified atom stereocenters. The molecule has 0 saturated carbocycles. The van der Waals surface area contributed by atoms with E-state index in [-0.39, 0.29) is 6.61 Å². The Bertz CT molecular complexity index is 798. The summed E-state index contributed by atoms with van der Waals surface area (Å²) in [5.41, 5.74) is 0. The van der Waals surface area contributed by atoms with Gasteiger partial charge in [-0.2, -0.15) is 0 Å². The van der Waals surface area contributed by atoms with Crippen LogP contribution in [0.4, 0.5) is 0 Å². The Hall–Kier alpha value is -0.0800. The summed E-state index contributed by atoms with van der Waals surface area (Å²) in [5.74, 6) is 0. The van der Waals surface area contributed by atoms with Gasteiger partial charge in [0.25, 0.3) is 0 Å². The number of aliphatic hydroxyl groups is 1. The van der Waals surface area contributed by atoms with Gasteiger partial charge in [-0.3, -0.25) is 0 Å². The topological polar surface area (TPSA) is 20.2 Å². The average molecular weight is 1070 g/mol. The molecule has 0 fully saturated rings. The van der Waals surface area contributed by atoms with Crippen molar-refractivity contribution in [1.82, 2.24) is 0 Å². The van der Waals surface area contributed by atoms with Gasteiger partial charge >= 0.3 is 0 Å². The van der Waals surface area contributed by atoms with E-state index < -0.39 is 0 Å². The molecule has 0 rings (SSSR count). The highest BCUT2D eigenvalue weighted by molar-refractivity contribution is 4.58. The zero-order valence-electron chi connectivity index (χ0n) is 54.7. The summed E-state index contributed by atoms with van der Waals surface area (Å²) in [5, 5.41) is 7.57. The second-order valence-electron chi connectivity index (χ2n) is 25.8. The predicted molar refractivity (Wildman–Crippen MR) is 351 cm³/mol. The Morgan fingerprint density at radius 3 is 0.316 bits per heavy atom. The van der Waals surface area contributed by atoms with Gasteiger partial charge < -0.3 is 9.59 Å². The highest BCUT2D eigenvalue weighted by Gasteiger charge is 2.26. The monoisotopic (exact) mass is 1070 g/mol. The molecule has 1 N–H and O–H groups in total. The van der Waals surface area contributed by atoms with Crippen molar-refractivity contribution < 1.29 is 9.59 Å². The van der Waals surface area contributed by atoms with Crippen LogP contribution in [0.3, 0.4) is 0 Å². The van der Waals surface area contributed by atoms with Gasteiger partial charge in [0.15, 0.2) is 0 Å². The average Bonchev–Trinajstić information content (AvgIpc) is 3.42. The zero-order chi connectivity index (χ0) is 55.3. The van der Waals surface area contributed by atoms with E-state index >= 15 is 0 Å². The van der Waals surface area contributed by atoms with Crippen molar-refractivity contribution in [2.75, 3.05) is 32.8 Å². The first-order valence-electron chi connectivity index (χ1n) is 37.1. The molecule has 0 aliphatic rings. The number of hydrogen-bond donors (Lipinski definition) is 1. The molecule has 0 saturated heterocycles. The summed E-state index contributed by atoms with van der Waals surface area (Å²) in [6.07, 6.45) is 94.7. The summed E-state index contributed by atoms with van der Waals surface area (Å²) >= 11 is 0. The third kappa shape index (κ3) is 68.2. The number of quaternary nitrogens is 1. The molecular weight excluding hydrogens is 919 g/mol. The van der Waals surface area contributed by atoms with E-state index in [1.54, 1.807) is 6.92 Å². The van der Waals surface area contributed by atoms with E-state index in [2.05, 4.69) is 27.7 Å². The molecule has 76 heavy (non-hydrogen) atoms. The molecule has 2 heteroatoms. The van der Waals surface area contributed by atoms with Crippen LogP contribution in [-0.2, 0) is 0 Å². The fourth-order valence-corrected chi connectivity index (χ4v) is 12.7. The van der Waals surface area contributed by atoms with Crippen molar-refractivity contribution in [1.29, 1.82) is 0 Å². The van der Waals surface area contributed by atoms with E-state index in [0.29, 0.717) is 0 Å². The van der Waals surface area contributed by atoms with Crippen molar-refractivity contribution in [3.05, 3.63) is 0 Å². The maximum Gasteiger partial charge on any atom is 0.0786 e. The van der Waals surface area contributed by atoms with Crippen LogP contribution >= 0.6 is 0 Å². The Balaban J connectivity index is 0. The quantitative estimate of drug-likeness (QED) is 0.0475. The lowest BCUT2D eigenvalue weighted by Gasteiger charge is -2.40. The van der Waals surface area contributed by atoms with E-state index in [9.17, 15) is 0 Å². The van der Waals surface area contributed by atoms with Gasteiger partial charge in [-0.1, -0.05) is 387 Å². The molecule has 0 heterocycles. The molecule has 0 aliphatic heterocycles. The first-order valence-corrected chi connectivity index (χ1v) is 37.1. The second-order valence-corrected chi connectivity index (χ2v) is 25.8. The summed E-state index contributed by atoms with van der Waals surface area (Å²) in [4.78, 5) is 0. The van der Waals surface area contributed by atoms with Crippen molar-refractivity contribution >= 4 is 0 Å². The molecule has 0 aromatic rings. The van der Waals surface area contributed by atoms with Crippen LogP contribution in [0.5, 0.6) is 0 Å². The second kappa shape index (κ2) is 72.9. The fourth-order valence-electron chi connectivity index (χ4n) is 12.7. The summed E-state index contributed by atoms with van der Waals surface area (Å²) in [6.45, 7) is 17.2. The van der Waals surface area contributed by atoms with Crippen molar-refractivity contribution in [3.63, 3.8) is 0 Å². The number of aliphatic hydroxyl groups excluding tert-OH is 1. The SMILES string of the molecule is CCCCCCCCCCCCCCCCCC[N+](CCCCCCCCCCCCCCCCCC)(CCCCCCCCCCCCCCCCCC)CCCCCCCCCCCCCCCCCC.CCO. The van der Waals surface area contributed by atoms with E-state index in [1.165, 1.54) is 442 Å². The number of rotatable bonds is 68. The molecule has 0 aromatic carbocycles. The lowest BCUT2D eigenvalue weighted by Crippen LogP contribution is -2.50. The number of nitrogens with zero attached hydrogens (tertiary/aromatic N) is 1. The minimum Gasteiger partial charge on any atom is -0.397 e. The van der Waals surface area contributed by atoms with Crippen LogP contribution in [0.2, 0.25) is 0 Å². The Kier molecular flexibility index (Phi) is 74.8. The van der Waals surface area contributed by atoms with E-state index in [4.69, 9.17) is 5.11 Å². The van der Waals surface area contributed by atoms with Crippen molar-refractivity contribution in [2.24, 2.45) is 0 Å². The predicted octanol–water partition coefficient (Wildman–Crippen LogP) is 26.8. The van der Waals surface area contributed by atoms with Gasteiger partial charge in [0, 0.05) is 6.61 Å². The highest BCUT2D eigenvalue weighted by Crippen LogP contribution is 2.23. The smallest absolute Gasteiger partial charge is 0.0786 e. The summed E-state index contributed by atoms with van der Waals surface area (Å²) in [7, 11) is 0. The highest BCUT2D eigenvalue weighted by atomic mass is 16.2. The molecule has 2 nitrogen and oxygen atoms in total. The molecule has 0 aromatic heterocycles. The third-order valence-electron chi connectivity index (χ3n) is 17.9. The van der Waals surface area contributed by atoms with E-state index in [1.807, 2.05) is 0 Å². The standard InChI is InChI=1S/C72H148N.C2H6O/c1-5-9-13-17-21-25-29-33-37-41-45-49-53-57-61-65-69-73(70-66-62-58-54-50-46-42-38-34-30-26-22-18-14-10-6-2,71-67-63-59-55-51-47-43-39-35-31-27-23-19-15-11-7-3)72-68-64-60-56-52-48-44-40-36-32-28-24-20-16-12-8-4;1-2-3/h5-72H2,1-4H3;3H,2H2,1H3/q+1;. The molecular formula is C74H154NO+. The molecule has 460 valence electrons. The molecule has 0 aliphatic carbocycles. The molecule has 0 bridgehead atoms. The van der Waals surface area contributed by atoms with E-state index in [0.717, 1.165) is 0 Å². The minimum absolute atomic E-state index is 0.250. The van der Waals surface area contributed by atoms with Gasteiger partial charge in [0.1, 0.15) is 0 Å². The fraction of sp³-hybridized carbons (Fsp3) is 1.00. The molecule has 0 atom stereocenters. The lowest BCUT2D eigenvalue weighted by atomic mass is 10.0. The van der Waals surface area contributed by atoms with Crippen LogP contribution in [0.1, 0.15) is 446 Å². The van der Waals surface area contributed by atoms with Crippen LogP contribution < -0.4 is 0 Å².